The van der Waals surface area contributed by atoms with Gasteiger partial charge in [0, 0.05) is 19.0 Å². The molecule has 0 radical (unpaired) electrons. The van der Waals surface area contributed by atoms with E-state index in [1.165, 1.54) is 6.42 Å². The van der Waals surface area contributed by atoms with E-state index in [1.807, 2.05) is 4.90 Å². The Balaban J connectivity index is 1.82. The molecule has 1 aliphatic carbocycles. The zero-order valence-electron chi connectivity index (χ0n) is 8.25. The Bertz CT molecular complexity index is 217. The van der Waals surface area contributed by atoms with E-state index in [-0.39, 0.29) is 5.54 Å². The lowest BCUT2D eigenvalue weighted by Gasteiger charge is -2.49. The Labute approximate surface area is 79.3 Å². The number of amides is 1. The third-order valence-electron chi connectivity index (χ3n) is 3.48. The molecule has 74 valence electrons. The van der Waals surface area contributed by atoms with E-state index in [9.17, 15) is 4.79 Å². The summed E-state index contributed by atoms with van der Waals surface area (Å²) in [7, 11) is 0. The third-order valence-corrected chi connectivity index (χ3v) is 3.48. The Kier molecular flexibility index (Phi) is 2.06. The number of likely N-dealkylation sites (tertiary alicyclic amines) is 1. The predicted molar refractivity (Wildman–Crippen MR) is 51.1 cm³/mol. The zero-order chi connectivity index (χ0) is 9.47. The van der Waals surface area contributed by atoms with Crippen molar-refractivity contribution in [3.05, 3.63) is 0 Å². The van der Waals surface area contributed by atoms with E-state index in [0.717, 1.165) is 32.4 Å². The van der Waals surface area contributed by atoms with E-state index in [0.29, 0.717) is 11.8 Å². The number of nitrogens with zero attached hydrogens (tertiary/aromatic N) is 1. The largest absolute Gasteiger partial charge is 0.339 e. The topological polar surface area (TPSA) is 46.3 Å². The van der Waals surface area contributed by atoms with Crippen LogP contribution < -0.4 is 5.73 Å². The van der Waals surface area contributed by atoms with Crippen LogP contribution in [0.3, 0.4) is 0 Å². The van der Waals surface area contributed by atoms with Gasteiger partial charge in [-0.1, -0.05) is 13.3 Å². The highest BCUT2D eigenvalue weighted by atomic mass is 16.2. The minimum Gasteiger partial charge on any atom is -0.339 e. The van der Waals surface area contributed by atoms with Crippen molar-refractivity contribution in [2.75, 3.05) is 13.1 Å². The summed E-state index contributed by atoms with van der Waals surface area (Å²) in [5.41, 5.74) is 5.93. The summed E-state index contributed by atoms with van der Waals surface area (Å²) in [4.78, 5) is 13.6. The molecule has 2 N–H and O–H groups in total. The lowest BCUT2D eigenvalue weighted by atomic mass is 9.81. The van der Waals surface area contributed by atoms with Crippen LogP contribution in [0.25, 0.3) is 0 Å². The SMILES string of the molecule is CCC1(N)CN(C(=O)C2CCC2)C1. The molecule has 0 aromatic heterocycles. The summed E-state index contributed by atoms with van der Waals surface area (Å²) < 4.78 is 0. The lowest BCUT2D eigenvalue weighted by Crippen LogP contribution is -2.69. The molecule has 1 aliphatic heterocycles. The van der Waals surface area contributed by atoms with Gasteiger partial charge in [-0.05, 0) is 19.3 Å². The molecular weight excluding hydrogens is 164 g/mol. The van der Waals surface area contributed by atoms with Crippen LogP contribution in [0.2, 0.25) is 0 Å². The quantitative estimate of drug-likeness (QED) is 0.684. The molecule has 0 spiro atoms. The summed E-state index contributed by atoms with van der Waals surface area (Å²) in [6.07, 6.45) is 4.39. The van der Waals surface area contributed by atoms with E-state index in [2.05, 4.69) is 6.92 Å². The molecule has 2 rings (SSSR count). The number of carbonyl (C=O) groups is 1. The number of nitrogens with two attached hydrogens (primary N) is 1. The second kappa shape index (κ2) is 2.98. The fraction of sp³-hybridized carbons (Fsp3) is 0.900. The van der Waals surface area contributed by atoms with Crippen molar-refractivity contribution in [2.24, 2.45) is 11.7 Å². The molecule has 0 aromatic carbocycles. The van der Waals surface area contributed by atoms with E-state index in [1.54, 1.807) is 0 Å². The molecule has 1 saturated carbocycles. The van der Waals surface area contributed by atoms with E-state index >= 15 is 0 Å². The molecule has 3 heteroatoms. The first-order valence-electron chi connectivity index (χ1n) is 5.22. The van der Waals surface area contributed by atoms with Crippen molar-refractivity contribution in [1.29, 1.82) is 0 Å². The number of carbonyl (C=O) groups excluding carboxylic acids is 1. The van der Waals surface area contributed by atoms with Crippen molar-refractivity contribution in [1.82, 2.24) is 4.90 Å². The van der Waals surface area contributed by atoms with Gasteiger partial charge >= 0.3 is 0 Å². The van der Waals surface area contributed by atoms with Gasteiger partial charge in [-0.3, -0.25) is 4.79 Å². The van der Waals surface area contributed by atoms with Crippen LogP contribution in [-0.2, 0) is 4.79 Å². The van der Waals surface area contributed by atoms with Gasteiger partial charge in [0.25, 0.3) is 0 Å². The highest BCUT2D eigenvalue weighted by Gasteiger charge is 2.43. The smallest absolute Gasteiger partial charge is 0.225 e. The predicted octanol–water partition coefficient (Wildman–Crippen LogP) is 0.736. The van der Waals surface area contributed by atoms with Crippen LogP contribution in [0.15, 0.2) is 0 Å². The van der Waals surface area contributed by atoms with Gasteiger partial charge in [-0.15, -0.1) is 0 Å². The first-order chi connectivity index (χ1) is 6.14. The van der Waals surface area contributed by atoms with Crippen molar-refractivity contribution in [2.45, 2.75) is 38.1 Å². The van der Waals surface area contributed by atoms with Crippen LogP contribution in [0.1, 0.15) is 32.6 Å². The summed E-state index contributed by atoms with van der Waals surface area (Å²) >= 11 is 0. The Morgan fingerprint density at radius 3 is 2.54 bits per heavy atom. The fourth-order valence-electron chi connectivity index (χ4n) is 2.01. The second-order valence-corrected chi connectivity index (χ2v) is 4.54. The minimum absolute atomic E-state index is 0.0700. The van der Waals surface area contributed by atoms with Crippen LogP contribution in [0, 0.1) is 5.92 Å². The Hall–Kier alpha value is -0.570. The maximum Gasteiger partial charge on any atom is 0.225 e. The second-order valence-electron chi connectivity index (χ2n) is 4.54. The molecule has 0 aromatic rings. The van der Waals surface area contributed by atoms with Crippen LogP contribution in [0.5, 0.6) is 0 Å². The molecule has 0 atom stereocenters. The highest BCUT2D eigenvalue weighted by Crippen LogP contribution is 2.32. The molecule has 3 nitrogen and oxygen atoms in total. The molecular formula is C10H18N2O. The first kappa shape index (κ1) is 9.00. The standard InChI is InChI=1S/C10H18N2O/c1-2-10(11)6-12(7-10)9(13)8-4-3-5-8/h8H,2-7,11H2,1H3. The molecule has 13 heavy (non-hydrogen) atoms. The Morgan fingerprint density at radius 2 is 2.15 bits per heavy atom. The third kappa shape index (κ3) is 1.46. The van der Waals surface area contributed by atoms with Gasteiger partial charge < -0.3 is 10.6 Å². The van der Waals surface area contributed by atoms with Crippen LogP contribution in [-0.4, -0.2) is 29.4 Å². The number of hydrogen-bond acceptors (Lipinski definition) is 2. The zero-order valence-corrected chi connectivity index (χ0v) is 8.25. The summed E-state index contributed by atoms with van der Waals surface area (Å²) in [5, 5.41) is 0. The van der Waals surface area contributed by atoms with Gasteiger partial charge in [0.2, 0.25) is 5.91 Å². The first-order valence-corrected chi connectivity index (χ1v) is 5.22. The van der Waals surface area contributed by atoms with Gasteiger partial charge in [0.05, 0.1) is 5.54 Å². The van der Waals surface area contributed by atoms with Crippen molar-refractivity contribution < 1.29 is 4.79 Å². The van der Waals surface area contributed by atoms with Crippen LogP contribution >= 0.6 is 0 Å². The van der Waals surface area contributed by atoms with Crippen molar-refractivity contribution in [3.63, 3.8) is 0 Å². The van der Waals surface area contributed by atoms with Crippen molar-refractivity contribution in [3.8, 4) is 0 Å². The molecule has 1 heterocycles. The number of rotatable bonds is 2. The van der Waals surface area contributed by atoms with E-state index < -0.39 is 0 Å². The fourth-order valence-corrected chi connectivity index (χ4v) is 2.01. The maximum absolute atomic E-state index is 11.7. The average Bonchev–Trinajstić information content (AvgIpc) is 1.95. The molecule has 2 aliphatic rings. The molecule has 1 amide bonds. The molecule has 2 fully saturated rings. The lowest BCUT2D eigenvalue weighted by molar-refractivity contribution is -0.145. The molecule has 0 bridgehead atoms. The molecule has 0 unspecified atom stereocenters. The normalized spacial score (nSPS) is 26.5. The van der Waals surface area contributed by atoms with Crippen molar-refractivity contribution >= 4 is 5.91 Å². The van der Waals surface area contributed by atoms with Crippen LogP contribution in [0.4, 0.5) is 0 Å². The maximum atomic E-state index is 11.7. The molecule has 1 saturated heterocycles. The van der Waals surface area contributed by atoms with E-state index in [4.69, 9.17) is 5.73 Å². The summed E-state index contributed by atoms with van der Waals surface area (Å²) in [6, 6.07) is 0. The highest BCUT2D eigenvalue weighted by molar-refractivity contribution is 5.80. The average molecular weight is 182 g/mol. The van der Waals surface area contributed by atoms with Gasteiger partial charge in [-0.2, -0.15) is 0 Å². The Morgan fingerprint density at radius 1 is 1.54 bits per heavy atom. The van der Waals surface area contributed by atoms with Gasteiger partial charge in [-0.25, -0.2) is 0 Å². The number of hydrogen-bond donors (Lipinski definition) is 1. The van der Waals surface area contributed by atoms with Gasteiger partial charge in [0.15, 0.2) is 0 Å². The van der Waals surface area contributed by atoms with Gasteiger partial charge in [0.1, 0.15) is 0 Å². The summed E-state index contributed by atoms with van der Waals surface area (Å²) in [5.74, 6) is 0.683. The minimum atomic E-state index is -0.0700. The monoisotopic (exact) mass is 182 g/mol. The summed E-state index contributed by atoms with van der Waals surface area (Å²) in [6.45, 7) is 3.64.